The lowest BCUT2D eigenvalue weighted by Gasteiger charge is -2.28. The van der Waals surface area contributed by atoms with Gasteiger partial charge >= 0.3 is 6.18 Å². The Morgan fingerprint density at radius 3 is 2.27 bits per heavy atom. The fraction of sp³-hybridized carbons (Fsp3) is 1.00. The van der Waals surface area contributed by atoms with Crippen molar-refractivity contribution in [2.45, 2.75) is 18.6 Å². The molecule has 0 aromatic rings. The fourth-order valence-electron chi connectivity index (χ4n) is 0.894. The standard InChI is InChI=1S/C4H6BrF3N2O/c5-10(11)2-1-3(9-10)4(6,7)8/h3,9H,1-2H2. The molecule has 1 heterocycles. The van der Waals surface area contributed by atoms with Gasteiger partial charge in [-0.15, -0.1) is 5.43 Å². The van der Waals surface area contributed by atoms with Crippen LogP contribution in [-0.2, 0) is 0 Å². The molecule has 1 aliphatic heterocycles. The summed E-state index contributed by atoms with van der Waals surface area (Å²) in [6.45, 7) is -0.107. The van der Waals surface area contributed by atoms with Crippen molar-refractivity contribution in [2.24, 2.45) is 0 Å². The average Bonchev–Trinajstić information content (AvgIpc) is 2.07. The smallest absolute Gasteiger partial charge is 0.409 e. The summed E-state index contributed by atoms with van der Waals surface area (Å²) in [7, 11) is 0. The Kier molecular flexibility index (Phi) is 2.17. The molecule has 11 heavy (non-hydrogen) atoms. The van der Waals surface area contributed by atoms with Crippen LogP contribution in [0.3, 0.4) is 0 Å². The number of nitrogens with one attached hydrogen (secondary N) is 1. The van der Waals surface area contributed by atoms with Gasteiger partial charge in [-0.05, 0) is 0 Å². The van der Waals surface area contributed by atoms with Crippen LogP contribution in [0.2, 0.25) is 0 Å². The molecule has 0 aromatic heterocycles. The molecule has 2 atom stereocenters. The first-order valence-corrected chi connectivity index (χ1v) is 3.65. The third-order valence-electron chi connectivity index (χ3n) is 1.45. The van der Waals surface area contributed by atoms with Crippen molar-refractivity contribution in [3.63, 3.8) is 0 Å². The summed E-state index contributed by atoms with van der Waals surface area (Å²) in [4.78, 5) is 0. The first kappa shape index (κ1) is 9.24. The summed E-state index contributed by atoms with van der Waals surface area (Å²) >= 11 is 2.55. The third kappa shape index (κ3) is 2.29. The Morgan fingerprint density at radius 2 is 2.09 bits per heavy atom. The zero-order chi connectivity index (χ0) is 8.70. The minimum atomic E-state index is -4.32. The second-order valence-corrected chi connectivity index (χ2v) is 3.53. The SMILES string of the molecule is [O-][N+]1(Br)CCC(C(F)(F)F)N1. The van der Waals surface area contributed by atoms with E-state index in [-0.39, 0.29) is 13.0 Å². The van der Waals surface area contributed by atoms with Crippen molar-refractivity contribution in [2.75, 3.05) is 6.54 Å². The van der Waals surface area contributed by atoms with Crippen LogP contribution in [0, 0.1) is 5.21 Å². The maximum Gasteiger partial charge on any atom is 0.409 e. The van der Waals surface area contributed by atoms with Crippen molar-refractivity contribution in [3.8, 4) is 0 Å². The first-order chi connectivity index (χ1) is 4.81. The molecule has 0 spiro atoms. The molecule has 1 saturated heterocycles. The lowest BCUT2D eigenvalue weighted by atomic mass is 10.2. The van der Waals surface area contributed by atoms with Gasteiger partial charge in [0.2, 0.25) is 0 Å². The molecule has 0 radical (unpaired) electrons. The van der Waals surface area contributed by atoms with Crippen LogP contribution >= 0.6 is 16.1 Å². The van der Waals surface area contributed by atoms with Gasteiger partial charge in [-0.25, -0.2) is 3.78 Å². The van der Waals surface area contributed by atoms with Crippen LogP contribution in [0.5, 0.6) is 0 Å². The molecular weight excluding hydrogens is 229 g/mol. The molecule has 3 nitrogen and oxygen atoms in total. The Morgan fingerprint density at radius 1 is 1.55 bits per heavy atom. The number of hydrogen-bond donors (Lipinski definition) is 1. The molecule has 0 bridgehead atoms. The summed E-state index contributed by atoms with van der Waals surface area (Å²) in [5, 5.41) is 10.8. The van der Waals surface area contributed by atoms with Gasteiger partial charge in [0, 0.05) is 6.42 Å². The van der Waals surface area contributed by atoms with Crippen molar-refractivity contribution in [1.82, 2.24) is 5.43 Å². The topological polar surface area (TPSA) is 35.1 Å². The van der Waals surface area contributed by atoms with Crippen molar-refractivity contribution >= 4 is 16.1 Å². The molecule has 0 amide bonds. The number of nitrogens with zero attached hydrogens (tertiary/aromatic N) is 1. The maximum absolute atomic E-state index is 11.9. The summed E-state index contributed by atoms with van der Waals surface area (Å²) in [5.74, 6) is 0. The van der Waals surface area contributed by atoms with E-state index < -0.39 is 16.0 Å². The molecule has 1 rings (SSSR count). The summed E-state index contributed by atoms with van der Waals surface area (Å²) < 4.78 is 34.4. The molecule has 2 unspecified atom stereocenters. The number of rotatable bonds is 0. The molecule has 1 fully saturated rings. The summed E-state index contributed by atoms with van der Waals surface area (Å²) in [6.07, 6.45) is -4.50. The molecule has 66 valence electrons. The van der Waals surface area contributed by atoms with E-state index in [4.69, 9.17) is 0 Å². The molecular formula is C4H6BrF3N2O. The minimum absolute atomic E-state index is 0.107. The molecule has 7 heteroatoms. The highest BCUT2D eigenvalue weighted by molar-refractivity contribution is 9.05. The van der Waals surface area contributed by atoms with Crippen LogP contribution in [0.4, 0.5) is 13.2 Å². The number of hydrogen-bond acceptors (Lipinski definition) is 2. The van der Waals surface area contributed by atoms with Crippen molar-refractivity contribution in [1.29, 1.82) is 0 Å². The number of quaternary nitrogens is 1. The lowest BCUT2D eigenvalue weighted by molar-refractivity contribution is -0.763. The van der Waals surface area contributed by atoms with Crippen LogP contribution in [0.1, 0.15) is 6.42 Å². The number of halogens is 4. The average molecular weight is 235 g/mol. The van der Waals surface area contributed by atoms with Crippen LogP contribution < -0.4 is 5.43 Å². The largest absolute Gasteiger partial charge is 0.601 e. The Labute approximate surface area is 69.6 Å². The van der Waals surface area contributed by atoms with Gasteiger partial charge in [-0.2, -0.15) is 13.2 Å². The molecule has 1 aliphatic rings. The van der Waals surface area contributed by atoms with E-state index in [9.17, 15) is 18.4 Å². The van der Waals surface area contributed by atoms with E-state index in [1.165, 1.54) is 0 Å². The van der Waals surface area contributed by atoms with Gasteiger partial charge in [-0.1, -0.05) is 0 Å². The fourth-order valence-corrected chi connectivity index (χ4v) is 1.35. The minimum Gasteiger partial charge on any atom is -0.601 e. The van der Waals surface area contributed by atoms with Gasteiger partial charge in [0.15, 0.2) is 6.04 Å². The lowest BCUT2D eigenvalue weighted by Crippen LogP contribution is -2.47. The van der Waals surface area contributed by atoms with Crippen LogP contribution in [0.15, 0.2) is 0 Å². The predicted molar refractivity (Wildman–Crippen MR) is 35.0 cm³/mol. The highest BCUT2D eigenvalue weighted by atomic mass is 79.9. The Bertz CT molecular complexity index is 160. The normalized spacial score (nSPS) is 39.5. The highest BCUT2D eigenvalue weighted by Crippen LogP contribution is 2.30. The van der Waals surface area contributed by atoms with E-state index in [2.05, 4.69) is 16.1 Å². The Hall–Kier alpha value is 0.150. The predicted octanol–water partition coefficient (Wildman–Crippen LogP) is 1.45. The Balaban J connectivity index is 2.55. The zero-order valence-corrected chi connectivity index (χ0v) is 6.94. The second-order valence-electron chi connectivity index (χ2n) is 2.39. The van der Waals surface area contributed by atoms with Gasteiger partial charge in [0.05, 0.1) is 0 Å². The van der Waals surface area contributed by atoms with E-state index in [0.717, 1.165) is 0 Å². The first-order valence-electron chi connectivity index (χ1n) is 2.94. The van der Waals surface area contributed by atoms with Gasteiger partial charge < -0.3 is 5.21 Å². The molecule has 0 aliphatic carbocycles. The zero-order valence-electron chi connectivity index (χ0n) is 5.36. The van der Waals surface area contributed by atoms with Crippen LogP contribution in [-0.4, -0.2) is 22.5 Å². The molecule has 1 N–H and O–H groups in total. The number of hydroxylamine groups is 1. The second kappa shape index (κ2) is 2.58. The van der Waals surface area contributed by atoms with E-state index in [1.807, 2.05) is 5.43 Å². The van der Waals surface area contributed by atoms with E-state index >= 15 is 0 Å². The number of alkyl halides is 3. The van der Waals surface area contributed by atoms with Crippen LogP contribution in [0.25, 0.3) is 0 Å². The molecule has 0 saturated carbocycles. The van der Waals surface area contributed by atoms with Gasteiger partial charge in [0.1, 0.15) is 6.54 Å². The summed E-state index contributed by atoms with van der Waals surface area (Å²) in [6, 6.07) is -1.68. The maximum atomic E-state index is 11.9. The van der Waals surface area contributed by atoms with E-state index in [0.29, 0.717) is 0 Å². The van der Waals surface area contributed by atoms with Gasteiger partial charge in [0.25, 0.3) is 16.1 Å². The monoisotopic (exact) mass is 234 g/mol. The van der Waals surface area contributed by atoms with E-state index in [1.54, 1.807) is 0 Å². The highest BCUT2D eigenvalue weighted by Gasteiger charge is 2.47. The third-order valence-corrected chi connectivity index (χ3v) is 2.01. The summed E-state index contributed by atoms with van der Waals surface area (Å²) in [5.41, 5.74) is 1.84. The van der Waals surface area contributed by atoms with Crippen molar-refractivity contribution in [3.05, 3.63) is 5.21 Å². The quantitative estimate of drug-likeness (QED) is 0.509. The van der Waals surface area contributed by atoms with Crippen molar-refractivity contribution < 1.29 is 17.0 Å². The van der Waals surface area contributed by atoms with Gasteiger partial charge in [-0.3, -0.25) is 0 Å². The molecule has 0 aromatic carbocycles.